The van der Waals surface area contributed by atoms with Crippen molar-refractivity contribution in [2.75, 3.05) is 7.11 Å². The van der Waals surface area contributed by atoms with Crippen molar-refractivity contribution < 1.29 is 9.53 Å². The molecule has 0 spiro atoms. The van der Waals surface area contributed by atoms with Crippen LogP contribution in [0.3, 0.4) is 0 Å². The first kappa shape index (κ1) is 7.75. The fourth-order valence-electron chi connectivity index (χ4n) is 0.243. The summed E-state index contributed by atoms with van der Waals surface area (Å²) in [6.45, 7) is 3.25. The van der Waals surface area contributed by atoms with Gasteiger partial charge in [-0.05, 0) is 6.08 Å². The summed E-state index contributed by atoms with van der Waals surface area (Å²) in [5, 5.41) is 2.37. The number of methoxy groups -OCH3 is 1. The van der Waals surface area contributed by atoms with Gasteiger partial charge in [0, 0.05) is 6.20 Å². The molecule has 0 aliphatic carbocycles. The molecule has 0 saturated carbocycles. The highest BCUT2D eigenvalue weighted by molar-refractivity contribution is 5.87. The lowest BCUT2D eigenvalue weighted by Gasteiger charge is -1.89. The standard InChI is InChI=1S/C6H9NO2/c1-3-6(8)7-4-5-9-2/h3-5H,1H2,2H3,(H,7,8)/b5-4+. The lowest BCUT2D eigenvalue weighted by Crippen LogP contribution is -2.12. The molecule has 1 N–H and O–H groups in total. The van der Waals surface area contributed by atoms with Crippen LogP contribution in [-0.2, 0) is 9.53 Å². The molecule has 0 aromatic carbocycles. The fraction of sp³-hybridized carbons (Fsp3) is 0.167. The van der Waals surface area contributed by atoms with Crippen molar-refractivity contribution in [3.8, 4) is 0 Å². The van der Waals surface area contributed by atoms with E-state index in [1.54, 1.807) is 0 Å². The minimum atomic E-state index is -0.247. The summed E-state index contributed by atoms with van der Waals surface area (Å²) >= 11 is 0. The Morgan fingerprint density at radius 1 is 1.78 bits per heavy atom. The first-order valence-electron chi connectivity index (χ1n) is 2.42. The fourth-order valence-corrected chi connectivity index (χ4v) is 0.243. The zero-order valence-electron chi connectivity index (χ0n) is 5.26. The Labute approximate surface area is 54.0 Å². The van der Waals surface area contributed by atoms with Crippen molar-refractivity contribution in [3.05, 3.63) is 25.1 Å². The third-order valence-electron chi connectivity index (χ3n) is 0.615. The Hall–Kier alpha value is -1.25. The van der Waals surface area contributed by atoms with Crippen LogP contribution >= 0.6 is 0 Å². The Kier molecular flexibility index (Phi) is 4.22. The Morgan fingerprint density at radius 2 is 2.44 bits per heavy atom. The van der Waals surface area contributed by atoms with Crippen molar-refractivity contribution in [2.45, 2.75) is 0 Å². The van der Waals surface area contributed by atoms with Crippen LogP contribution in [0.1, 0.15) is 0 Å². The quantitative estimate of drug-likeness (QED) is 0.440. The maximum Gasteiger partial charge on any atom is 0.247 e. The van der Waals surface area contributed by atoms with Gasteiger partial charge in [-0.3, -0.25) is 4.79 Å². The molecule has 0 aromatic heterocycles. The van der Waals surface area contributed by atoms with Crippen molar-refractivity contribution in [2.24, 2.45) is 0 Å². The summed E-state index contributed by atoms with van der Waals surface area (Å²) < 4.78 is 4.51. The topological polar surface area (TPSA) is 38.3 Å². The summed E-state index contributed by atoms with van der Waals surface area (Å²) in [5.74, 6) is -0.247. The molecule has 0 saturated heterocycles. The van der Waals surface area contributed by atoms with Gasteiger partial charge in [-0.2, -0.15) is 0 Å². The second-order valence-corrected chi connectivity index (χ2v) is 1.25. The number of ether oxygens (including phenoxy) is 1. The molecule has 0 atom stereocenters. The minimum absolute atomic E-state index is 0.247. The number of hydrogen-bond acceptors (Lipinski definition) is 2. The van der Waals surface area contributed by atoms with Crippen LogP contribution in [0.25, 0.3) is 0 Å². The predicted molar refractivity (Wildman–Crippen MR) is 34.5 cm³/mol. The number of carbonyl (C=O) groups excluding carboxylic acids is 1. The van der Waals surface area contributed by atoms with Crippen LogP contribution in [-0.4, -0.2) is 13.0 Å². The van der Waals surface area contributed by atoms with Gasteiger partial charge < -0.3 is 10.1 Å². The van der Waals surface area contributed by atoms with E-state index in [1.807, 2.05) is 0 Å². The van der Waals surface area contributed by atoms with Gasteiger partial charge in [-0.15, -0.1) is 0 Å². The highest BCUT2D eigenvalue weighted by atomic mass is 16.5. The monoisotopic (exact) mass is 127 g/mol. The van der Waals surface area contributed by atoms with Gasteiger partial charge >= 0.3 is 0 Å². The molecule has 0 aliphatic heterocycles. The first-order valence-corrected chi connectivity index (χ1v) is 2.42. The third kappa shape index (κ3) is 4.61. The van der Waals surface area contributed by atoms with E-state index in [1.165, 1.54) is 25.6 Å². The summed E-state index contributed by atoms with van der Waals surface area (Å²) in [5.41, 5.74) is 0. The lowest BCUT2D eigenvalue weighted by molar-refractivity contribution is -0.115. The number of rotatable bonds is 3. The molecular formula is C6H9NO2. The molecule has 0 rings (SSSR count). The molecule has 1 amide bonds. The maximum atomic E-state index is 10.4. The van der Waals surface area contributed by atoms with Crippen LogP contribution in [0, 0.1) is 0 Å². The molecule has 0 fully saturated rings. The second-order valence-electron chi connectivity index (χ2n) is 1.25. The van der Waals surface area contributed by atoms with E-state index < -0.39 is 0 Å². The summed E-state index contributed by atoms with van der Waals surface area (Å²) in [6.07, 6.45) is 3.94. The molecule has 9 heavy (non-hydrogen) atoms. The minimum Gasteiger partial charge on any atom is -0.503 e. The normalized spacial score (nSPS) is 9.00. The summed E-state index contributed by atoms with van der Waals surface area (Å²) in [7, 11) is 1.50. The van der Waals surface area contributed by atoms with E-state index in [4.69, 9.17) is 0 Å². The molecule has 3 heteroatoms. The highest BCUT2D eigenvalue weighted by Crippen LogP contribution is 1.69. The van der Waals surface area contributed by atoms with Crippen LogP contribution in [0.5, 0.6) is 0 Å². The van der Waals surface area contributed by atoms with Gasteiger partial charge in [0.25, 0.3) is 0 Å². The molecule has 0 aliphatic rings. The predicted octanol–water partition coefficient (Wildman–Crippen LogP) is 0.406. The van der Waals surface area contributed by atoms with E-state index in [0.717, 1.165) is 0 Å². The van der Waals surface area contributed by atoms with Gasteiger partial charge in [-0.1, -0.05) is 6.58 Å². The molecule has 0 bridgehead atoms. The van der Waals surface area contributed by atoms with Gasteiger partial charge in [0.1, 0.15) is 0 Å². The SMILES string of the molecule is C=CC(=O)N/C=C/OC. The third-order valence-corrected chi connectivity index (χ3v) is 0.615. The zero-order chi connectivity index (χ0) is 7.11. The van der Waals surface area contributed by atoms with Gasteiger partial charge in [0.2, 0.25) is 5.91 Å². The van der Waals surface area contributed by atoms with E-state index >= 15 is 0 Å². The number of hydrogen-bond donors (Lipinski definition) is 1. The summed E-state index contributed by atoms with van der Waals surface area (Å²) in [4.78, 5) is 10.4. The number of nitrogens with one attached hydrogen (secondary N) is 1. The van der Waals surface area contributed by atoms with Crippen molar-refractivity contribution in [3.63, 3.8) is 0 Å². The smallest absolute Gasteiger partial charge is 0.247 e. The van der Waals surface area contributed by atoms with Gasteiger partial charge in [0.15, 0.2) is 0 Å². The van der Waals surface area contributed by atoms with Gasteiger partial charge in [0.05, 0.1) is 13.4 Å². The Balaban J connectivity index is 3.37. The van der Waals surface area contributed by atoms with Crippen LogP contribution in [0.2, 0.25) is 0 Å². The van der Waals surface area contributed by atoms with Crippen LogP contribution < -0.4 is 5.32 Å². The second kappa shape index (κ2) is 4.90. The van der Waals surface area contributed by atoms with E-state index in [2.05, 4.69) is 16.6 Å². The molecular weight excluding hydrogens is 118 g/mol. The van der Waals surface area contributed by atoms with Crippen LogP contribution in [0.15, 0.2) is 25.1 Å². The van der Waals surface area contributed by atoms with E-state index in [-0.39, 0.29) is 5.91 Å². The summed E-state index contributed by atoms with van der Waals surface area (Å²) in [6, 6.07) is 0. The van der Waals surface area contributed by atoms with Crippen LogP contribution in [0.4, 0.5) is 0 Å². The number of carbonyl (C=O) groups is 1. The van der Waals surface area contributed by atoms with Crippen molar-refractivity contribution in [1.29, 1.82) is 0 Å². The highest BCUT2D eigenvalue weighted by Gasteiger charge is 1.83. The Bertz CT molecular complexity index is 129. The molecule has 50 valence electrons. The van der Waals surface area contributed by atoms with Gasteiger partial charge in [-0.25, -0.2) is 0 Å². The van der Waals surface area contributed by atoms with Crippen molar-refractivity contribution >= 4 is 5.91 Å². The molecule has 3 nitrogen and oxygen atoms in total. The maximum absolute atomic E-state index is 10.4. The van der Waals surface area contributed by atoms with Crippen molar-refractivity contribution in [1.82, 2.24) is 5.32 Å². The first-order chi connectivity index (χ1) is 4.31. The molecule has 0 aromatic rings. The average molecular weight is 127 g/mol. The average Bonchev–Trinajstić information content (AvgIpc) is 1.89. The lowest BCUT2D eigenvalue weighted by atomic mass is 10.6. The molecule has 0 radical (unpaired) electrons. The number of amides is 1. The zero-order valence-corrected chi connectivity index (χ0v) is 5.26. The Morgan fingerprint density at radius 3 is 2.89 bits per heavy atom. The van der Waals surface area contributed by atoms with E-state index in [9.17, 15) is 4.79 Å². The van der Waals surface area contributed by atoms with E-state index in [0.29, 0.717) is 0 Å². The molecule has 0 heterocycles. The largest absolute Gasteiger partial charge is 0.503 e. The molecule has 0 unspecified atom stereocenters.